The van der Waals surface area contributed by atoms with Gasteiger partial charge in [0.2, 0.25) is 0 Å². The Bertz CT molecular complexity index is 1070. The zero-order valence-corrected chi connectivity index (χ0v) is 18.7. The Labute approximate surface area is 186 Å². The number of anilines is 1. The summed E-state index contributed by atoms with van der Waals surface area (Å²) in [6.07, 6.45) is 2.04. The van der Waals surface area contributed by atoms with E-state index in [0.29, 0.717) is 23.7 Å². The number of rotatable bonds is 7. The second-order valence-electron chi connectivity index (χ2n) is 8.06. The third-order valence-electron chi connectivity index (χ3n) is 4.92. The first-order valence-corrected chi connectivity index (χ1v) is 10.9. The van der Waals surface area contributed by atoms with Gasteiger partial charge in [0, 0.05) is 40.8 Å². The third kappa shape index (κ3) is 4.89. The minimum absolute atomic E-state index is 0.0432. The summed E-state index contributed by atoms with van der Waals surface area (Å²) < 4.78 is 13.2. The summed E-state index contributed by atoms with van der Waals surface area (Å²) in [6.45, 7) is 4.79. The zero-order chi connectivity index (χ0) is 22.0. The van der Waals surface area contributed by atoms with Gasteiger partial charge in [0.25, 0.3) is 5.91 Å². The molecule has 0 spiro atoms. The fourth-order valence-electron chi connectivity index (χ4n) is 3.42. The van der Waals surface area contributed by atoms with E-state index >= 15 is 0 Å². The Morgan fingerprint density at radius 2 is 1.81 bits per heavy atom. The highest BCUT2D eigenvalue weighted by Gasteiger charge is 2.27. The number of fused-ring (bicyclic) bond motifs is 1. The van der Waals surface area contributed by atoms with E-state index in [1.165, 1.54) is 0 Å². The maximum atomic E-state index is 13.2. The highest BCUT2D eigenvalue weighted by Crippen LogP contribution is 2.35. The van der Waals surface area contributed by atoms with Crippen LogP contribution in [0.3, 0.4) is 0 Å². The van der Waals surface area contributed by atoms with Crippen molar-refractivity contribution in [3.05, 3.63) is 66.5 Å². The lowest BCUT2D eigenvalue weighted by Crippen LogP contribution is -2.39. The van der Waals surface area contributed by atoms with Gasteiger partial charge < -0.3 is 24.0 Å². The van der Waals surface area contributed by atoms with Crippen molar-refractivity contribution in [3.63, 3.8) is 0 Å². The molecule has 1 aromatic heterocycles. The van der Waals surface area contributed by atoms with E-state index in [2.05, 4.69) is 12.1 Å². The Hall–Kier alpha value is -2.90. The Morgan fingerprint density at radius 1 is 1.03 bits per heavy atom. The van der Waals surface area contributed by atoms with Gasteiger partial charge in [-0.3, -0.25) is 4.79 Å². The second-order valence-corrected chi connectivity index (χ2v) is 9.21. The van der Waals surface area contributed by atoms with Crippen molar-refractivity contribution in [1.29, 1.82) is 0 Å². The third-order valence-corrected chi connectivity index (χ3v) is 5.89. The highest BCUT2D eigenvalue weighted by molar-refractivity contribution is 7.99. The molecule has 0 bridgehead atoms. The molecule has 0 saturated carbocycles. The molecule has 4 rings (SSSR count). The Kier molecular flexibility index (Phi) is 5.98. The largest absolute Gasteiger partial charge is 0.493 e. The molecule has 2 heterocycles. The topological polar surface area (TPSA) is 63.9 Å². The van der Waals surface area contributed by atoms with Crippen LogP contribution in [0.15, 0.2) is 70.6 Å². The van der Waals surface area contributed by atoms with Gasteiger partial charge in [0.15, 0.2) is 11.5 Å². The number of amides is 1. The molecular formula is C24H26N2O4S. The van der Waals surface area contributed by atoms with Crippen molar-refractivity contribution in [3.8, 4) is 11.5 Å². The van der Waals surface area contributed by atoms with Gasteiger partial charge in [-0.05, 0) is 44.2 Å². The summed E-state index contributed by atoms with van der Waals surface area (Å²) in [4.78, 5) is 17.2. The summed E-state index contributed by atoms with van der Waals surface area (Å²) in [5.74, 6) is 1.01. The van der Waals surface area contributed by atoms with E-state index in [9.17, 15) is 9.90 Å². The fraction of sp³-hybridized carbons (Fsp3) is 0.292. The molecule has 162 valence electrons. The average Bonchev–Trinajstić information content (AvgIpc) is 3.16. The van der Waals surface area contributed by atoms with Crippen molar-refractivity contribution in [1.82, 2.24) is 4.57 Å². The SMILES string of the molecule is COc1cc(N2CCn3cc(Sc4ccccc4)cc3C2=O)ccc1OCC(C)(C)O. The smallest absolute Gasteiger partial charge is 0.274 e. The van der Waals surface area contributed by atoms with E-state index in [0.717, 1.165) is 22.0 Å². The summed E-state index contributed by atoms with van der Waals surface area (Å²) in [5.41, 5.74) is 0.473. The second kappa shape index (κ2) is 8.69. The summed E-state index contributed by atoms with van der Waals surface area (Å²) in [7, 11) is 1.56. The van der Waals surface area contributed by atoms with Gasteiger partial charge >= 0.3 is 0 Å². The van der Waals surface area contributed by atoms with Crippen LogP contribution >= 0.6 is 11.8 Å². The molecule has 1 amide bonds. The molecule has 2 aromatic carbocycles. The number of carbonyl (C=O) groups is 1. The van der Waals surface area contributed by atoms with E-state index in [4.69, 9.17) is 9.47 Å². The molecule has 6 nitrogen and oxygen atoms in total. The fourth-order valence-corrected chi connectivity index (χ4v) is 4.34. The molecule has 0 unspecified atom stereocenters. The Morgan fingerprint density at radius 3 is 2.52 bits per heavy atom. The van der Waals surface area contributed by atoms with Crippen molar-refractivity contribution in [2.24, 2.45) is 0 Å². The number of benzene rings is 2. The number of aromatic nitrogens is 1. The van der Waals surface area contributed by atoms with Gasteiger partial charge in [-0.15, -0.1) is 0 Å². The molecule has 0 saturated heterocycles. The molecule has 1 N–H and O–H groups in total. The van der Waals surface area contributed by atoms with Gasteiger partial charge in [0.1, 0.15) is 12.3 Å². The first-order chi connectivity index (χ1) is 14.8. The molecule has 7 heteroatoms. The lowest BCUT2D eigenvalue weighted by Gasteiger charge is -2.29. The zero-order valence-electron chi connectivity index (χ0n) is 17.9. The van der Waals surface area contributed by atoms with Crippen LogP contribution in [0.2, 0.25) is 0 Å². The summed E-state index contributed by atoms with van der Waals surface area (Å²) >= 11 is 1.65. The molecule has 3 aromatic rings. The molecule has 1 aliphatic heterocycles. The van der Waals surface area contributed by atoms with Crippen molar-refractivity contribution < 1.29 is 19.4 Å². The number of carbonyl (C=O) groups excluding carboxylic acids is 1. The lowest BCUT2D eigenvalue weighted by molar-refractivity contribution is 0.0276. The molecule has 0 atom stereocenters. The Balaban J connectivity index is 1.53. The molecular weight excluding hydrogens is 412 g/mol. The van der Waals surface area contributed by atoms with Crippen molar-refractivity contribution in [2.75, 3.05) is 25.2 Å². The maximum absolute atomic E-state index is 13.2. The summed E-state index contributed by atoms with van der Waals surface area (Å²) in [6, 6.07) is 17.5. The highest BCUT2D eigenvalue weighted by atomic mass is 32.2. The van der Waals surface area contributed by atoms with E-state index in [1.54, 1.807) is 49.8 Å². The van der Waals surface area contributed by atoms with Crippen LogP contribution in [0.1, 0.15) is 24.3 Å². The van der Waals surface area contributed by atoms with Crippen LogP contribution < -0.4 is 14.4 Å². The molecule has 1 aliphatic rings. The minimum Gasteiger partial charge on any atom is -0.493 e. The van der Waals surface area contributed by atoms with Gasteiger partial charge in [-0.1, -0.05) is 30.0 Å². The van der Waals surface area contributed by atoms with Crippen LogP contribution in [0, 0.1) is 0 Å². The predicted molar refractivity (Wildman–Crippen MR) is 121 cm³/mol. The molecule has 0 aliphatic carbocycles. The van der Waals surface area contributed by atoms with Crippen LogP contribution in [0.4, 0.5) is 5.69 Å². The maximum Gasteiger partial charge on any atom is 0.274 e. The van der Waals surface area contributed by atoms with Gasteiger partial charge in [-0.25, -0.2) is 0 Å². The number of nitrogens with zero attached hydrogens (tertiary/aromatic N) is 2. The first kappa shape index (κ1) is 21.3. The monoisotopic (exact) mass is 438 g/mol. The van der Waals surface area contributed by atoms with Crippen molar-refractivity contribution in [2.45, 2.75) is 35.8 Å². The van der Waals surface area contributed by atoms with E-state index in [-0.39, 0.29) is 12.5 Å². The number of hydrogen-bond donors (Lipinski definition) is 1. The number of aliphatic hydroxyl groups is 1. The number of ether oxygens (including phenoxy) is 2. The summed E-state index contributed by atoms with van der Waals surface area (Å²) in [5, 5.41) is 9.90. The predicted octanol–water partition coefficient (Wildman–Crippen LogP) is 4.46. The van der Waals surface area contributed by atoms with Crippen LogP contribution in [0.5, 0.6) is 11.5 Å². The van der Waals surface area contributed by atoms with Gasteiger partial charge in [0.05, 0.1) is 12.7 Å². The molecule has 0 radical (unpaired) electrons. The van der Waals surface area contributed by atoms with E-state index < -0.39 is 5.60 Å². The van der Waals surface area contributed by atoms with Crippen LogP contribution in [-0.4, -0.2) is 41.4 Å². The minimum atomic E-state index is -0.951. The first-order valence-electron chi connectivity index (χ1n) is 10.1. The van der Waals surface area contributed by atoms with Crippen molar-refractivity contribution >= 4 is 23.4 Å². The number of hydrogen-bond acceptors (Lipinski definition) is 5. The standard InChI is InChI=1S/C24H26N2O4S/c1-24(2,28)16-30-21-10-9-17(13-22(21)29-3)26-12-11-25-15-19(14-20(25)23(26)27)31-18-7-5-4-6-8-18/h4-10,13-15,28H,11-12,16H2,1-3H3. The quantitative estimate of drug-likeness (QED) is 0.590. The number of methoxy groups -OCH3 is 1. The van der Waals surface area contributed by atoms with Gasteiger partial charge in [-0.2, -0.15) is 0 Å². The molecule has 31 heavy (non-hydrogen) atoms. The van der Waals surface area contributed by atoms with Crippen LogP contribution in [-0.2, 0) is 6.54 Å². The van der Waals surface area contributed by atoms with Crippen LogP contribution in [0.25, 0.3) is 0 Å². The normalized spacial score (nSPS) is 13.8. The van der Waals surface area contributed by atoms with E-state index in [1.807, 2.05) is 41.1 Å². The molecule has 0 fully saturated rings. The lowest BCUT2D eigenvalue weighted by atomic mass is 10.1. The average molecular weight is 439 g/mol.